The molecule has 0 atom stereocenters. The molecule has 0 N–H and O–H groups in total. The van der Waals surface area contributed by atoms with Gasteiger partial charge in [0, 0.05) is 17.0 Å². The van der Waals surface area contributed by atoms with Crippen molar-refractivity contribution in [3.05, 3.63) is 56.7 Å². The van der Waals surface area contributed by atoms with E-state index in [2.05, 4.69) is 0 Å². The number of rotatable bonds is 5. The highest BCUT2D eigenvalue weighted by molar-refractivity contribution is 7.99. The quantitative estimate of drug-likeness (QED) is 0.373. The zero-order chi connectivity index (χ0) is 18.1. The van der Waals surface area contributed by atoms with Gasteiger partial charge in [0.15, 0.2) is 10.9 Å². The number of ketones is 1. The number of hydrogen-bond acceptors (Lipinski definition) is 5. The molecule has 0 amide bonds. The predicted molar refractivity (Wildman–Crippen MR) is 108 cm³/mol. The maximum Gasteiger partial charge on any atom is 0.263 e. The van der Waals surface area contributed by atoms with Gasteiger partial charge in [-0.1, -0.05) is 42.1 Å². The van der Waals surface area contributed by atoms with Gasteiger partial charge in [0.1, 0.15) is 4.83 Å². The van der Waals surface area contributed by atoms with Gasteiger partial charge in [-0.25, -0.2) is 4.98 Å². The van der Waals surface area contributed by atoms with Gasteiger partial charge in [-0.15, -0.1) is 11.3 Å². The average Bonchev–Trinajstić information content (AvgIpc) is 3.05. The van der Waals surface area contributed by atoms with E-state index in [-0.39, 0.29) is 17.1 Å². The van der Waals surface area contributed by atoms with Gasteiger partial charge in [-0.3, -0.25) is 14.2 Å². The lowest BCUT2D eigenvalue weighted by molar-refractivity contribution is 0.102. The van der Waals surface area contributed by atoms with E-state index in [9.17, 15) is 9.59 Å². The number of thioether (sulfide) groups is 1. The molecule has 134 valence electrons. The van der Waals surface area contributed by atoms with Crippen molar-refractivity contribution in [1.82, 2.24) is 9.55 Å². The average molecular weight is 385 g/mol. The van der Waals surface area contributed by atoms with Crippen molar-refractivity contribution in [2.75, 3.05) is 5.75 Å². The Kier molecular flexibility index (Phi) is 4.96. The summed E-state index contributed by atoms with van der Waals surface area (Å²) < 4.78 is 1.72. The van der Waals surface area contributed by atoms with Crippen molar-refractivity contribution in [2.24, 2.45) is 0 Å². The molecule has 4 rings (SSSR count). The Morgan fingerprint density at radius 2 is 2.00 bits per heavy atom. The van der Waals surface area contributed by atoms with Gasteiger partial charge in [-0.2, -0.15) is 0 Å². The molecule has 2 aromatic heterocycles. The zero-order valence-electron chi connectivity index (χ0n) is 14.7. The number of nitrogens with zero attached hydrogens (tertiary/aromatic N) is 2. The SMILES string of the molecule is CCn1c(SCC(=O)c2ccccc2)nc2sc3c(c2c1=O)CCCC3. The molecule has 0 bridgehead atoms. The molecule has 2 heterocycles. The Morgan fingerprint density at radius 1 is 1.23 bits per heavy atom. The third-order valence-corrected chi connectivity index (χ3v) is 6.95. The van der Waals surface area contributed by atoms with Crippen LogP contribution in [0, 0.1) is 0 Å². The number of carbonyl (C=O) groups is 1. The van der Waals surface area contributed by atoms with E-state index in [4.69, 9.17) is 4.98 Å². The number of fused-ring (bicyclic) bond motifs is 3. The molecule has 6 heteroatoms. The number of aromatic nitrogens is 2. The summed E-state index contributed by atoms with van der Waals surface area (Å²) in [6.45, 7) is 2.52. The second-order valence-electron chi connectivity index (χ2n) is 6.41. The lowest BCUT2D eigenvalue weighted by Gasteiger charge is -2.12. The second-order valence-corrected chi connectivity index (χ2v) is 8.44. The summed E-state index contributed by atoms with van der Waals surface area (Å²) in [7, 11) is 0. The maximum atomic E-state index is 13.1. The van der Waals surface area contributed by atoms with Crippen molar-refractivity contribution in [3.63, 3.8) is 0 Å². The van der Waals surface area contributed by atoms with Crippen LogP contribution in [-0.4, -0.2) is 21.1 Å². The minimum Gasteiger partial charge on any atom is -0.293 e. The summed E-state index contributed by atoms with van der Waals surface area (Å²) in [5.41, 5.74) is 1.96. The Hall–Kier alpha value is -1.92. The van der Waals surface area contributed by atoms with E-state index in [1.165, 1.54) is 28.6 Å². The Bertz CT molecular complexity index is 1020. The largest absolute Gasteiger partial charge is 0.293 e. The lowest BCUT2D eigenvalue weighted by atomic mass is 9.97. The van der Waals surface area contributed by atoms with Crippen LogP contribution >= 0.6 is 23.1 Å². The van der Waals surface area contributed by atoms with E-state index >= 15 is 0 Å². The molecule has 0 aliphatic heterocycles. The molecule has 0 fully saturated rings. The first-order valence-electron chi connectivity index (χ1n) is 8.95. The van der Waals surface area contributed by atoms with E-state index < -0.39 is 0 Å². The van der Waals surface area contributed by atoms with Gasteiger partial charge in [0.25, 0.3) is 5.56 Å². The molecule has 0 unspecified atom stereocenters. The third-order valence-electron chi connectivity index (χ3n) is 4.78. The molecular formula is C20H20N2O2S2. The molecule has 1 aromatic carbocycles. The fourth-order valence-electron chi connectivity index (χ4n) is 3.45. The molecule has 26 heavy (non-hydrogen) atoms. The monoisotopic (exact) mass is 384 g/mol. The third kappa shape index (κ3) is 3.12. The fraction of sp³-hybridized carbons (Fsp3) is 0.350. The van der Waals surface area contributed by atoms with Crippen LogP contribution < -0.4 is 5.56 Å². The van der Waals surface area contributed by atoms with Crippen LogP contribution in [0.1, 0.15) is 40.6 Å². The number of benzene rings is 1. The van der Waals surface area contributed by atoms with Crippen molar-refractivity contribution in [3.8, 4) is 0 Å². The zero-order valence-corrected chi connectivity index (χ0v) is 16.3. The Balaban J connectivity index is 1.69. The molecule has 0 saturated carbocycles. The van der Waals surface area contributed by atoms with E-state index in [0.717, 1.165) is 29.5 Å². The molecule has 0 saturated heterocycles. The number of hydrogen-bond donors (Lipinski definition) is 0. The smallest absolute Gasteiger partial charge is 0.263 e. The van der Waals surface area contributed by atoms with E-state index in [0.29, 0.717) is 17.3 Å². The van der Waals surface area contributed by atoms with Crippen LogP contribution in [0.25, 0.3) is 10.2 Å². The minimum atomic E-state index is 0.0477. The normalized spacial score (nSPS) is 13.7. The summed E-state index contributed by atoms with van der Waals surface area (Å²) >= 11 is 3.01. The van der Waals surface area contributed by atoms with Crippen molar-refractivity contribution in [1.29, 1.82) is 0 Å². The Labute approximate surface area is 160 Å². The second kappa shape index (κ2) is 7.37. The molecule has 0 spiro atoms. The van der Waals surface area contributed by atoms with Crippen LogP contribution in [0.15, 0.2) is 40.3 Å². The van der Waals surface area contributed by atoms with Gasteiger partial charge >= 0.3 is 0 Å². The molecule has 4 nitrogen and oxygen atoms in total. The van der Waals surface area contributed by atoms with E-state index in [1.54, 1.807) is 15.9 Å². The predicted octanol–water partition coefficient (Wildman–Crippen LogP) is 4.33. The summed E-state index contributed by atoms with van der Waals surface area (Å²) in [5, 5.41) is 1.46. The first kappa shape index (κ1) is 17.5. The highest BCUT2D eigenvalue weighted by Gasteiger charge is 2.22. The van der Waals surface area contributed by atoms with Crippen molar-refractivity contribution >= 4 is 39.1 Å². The molecule has 1 aliphatic carbocycles. The molecule has 0 radical (unpaired) electrons. The molecule has 3 aromatic rings. The summed E-state index contributed by atoms with van der Waals surface area (Å²) in [5.74, 6) is 0.339. The number of carbonyl (C=O) groups excluding carboxylic acids is 1. The summed E-state index contributed by atoms with van der Waals surface area (Å²) in [6.07, 6.45) is 4.37. The molecule has 1 aliphatic rings. The first-order valence-corrected chi connectivity index (χ1v) is 10.8. The van der Waals surface area contributed by atoms with Gasteiger partial charge in [0.2, 0.25) is 0 Å². The topological polar surface area (TPSA) is 52.0 Å². The first-order chi connectivity index (χ1) is 12.7. The fourth-order valence-corrected chi connectivity index (χ4v) is 5.71. The van der Waals surface area contributed by atoms with Gasteiger partial charge in [0.05, 0.1) is 11.1 Å². The number of aryl methyl sites for hydroxylation is 2. The number of thiophene rings is 1. The minimum absolute atomic E-state index is 0.0477. The van der Waals surface area contributed by atoms with E-state index in [1.807, 2.05) is 37.3 Å². The van der Waals surface area contributed by atoms with Gasteiger partial charge < -0.3 is 0 Å². The number of Topliss-reactive ketones (excluding diaryl/α,β-unsaturated/α-hetero) is 1. The van der Waals surface area contributed by atoms with Crippen molar-refractivity contribution in [2.45, 2.75) is 44.3 Å². The van der Waals surface area contributed by atoms with Crippen LogP contribution in [0.3, 0.4) is 0 Å². The van der Waals surface area contributed by atoms with Crippen LogP contribution in [0.4, 0.5) is 0 Å². The maximum absolute atomic E-state index is 13.1. The van der Waals surface area contributed by atoms with Gasteiger partial charge in [-0.05, 0) is 38.2 Å². The van der Waals surface area contributed by atoms with Crippen molar-refractivity contribution < 1.29 is 4.79 Å². The highest BCUT2D eigenvalue weighted by atomic mass is 32.2. The molecular weight excluding hydrogens is 364 g/mol. The summed E-state index contributed by atoms with van der Waals surface area (Å²) in [6, 6.07) is 9.26. The van der Waals surface area contributed by atoms with Crippen LogP contribution in [-0.2, 0) is 19.4 Å². The van der Waals surface area contributed by atoms with Crippen LogP contribution in [0.5, 0.6) is 0 Å². The standard InChI is InChI=1S/C20H20N2O2S2/c1-2-22-19(24)17-14-10-6-7-11-16(14)26-18(17)21-20(22)25-12-15(23)13-8-4-3-5-9-13/h3-5,8-9H,2,6-7,10-12H2,1H3. The highest BCUT2D eigenvalue weighted by Crippen LogP contribution is 2.34. The lowest BCUT2D eigenvalue weighted by Crippen LogP contribution is -2.23. The van der Waals surface area contributed by atoms with Crippen LogP contribution in [0.2, 0.25) is 0 Å². The summed E-state index contributed by atoms with van der Waals surface area (Å²) in [4.78, 5) is 32.4. The Morgan fingerprint density at radius 3 is 2.77 bits per heavy atom.